The van der Waals surface area contributed by atoms with Gasteiger partial charge in [0.15, 0.2) is 0 Å². The lowest BCUT2D eigenvalue weighted by atomic mass is 9.87. The minimum Gasteiger partial charge on any atom is -0.329 e. The Morgan fingerprint density at radius 1 is 1.33 bits per heavy atom. The van der Waals surface area contributed by atoms with E-state index in [4.69, 9.17) is 5.73 Å². The summed E-state index contributed by atoms with van der Waals surface area (Å²) in [6.45, 7) is 9.67. The van der Waals surface area contributed by atoms with Crippen molar-refractivity contribution in [2.45, 2.75) is 58.5 Å². The fourth-order valence-corrected chi connectivity index (χ4v) is 3.36. The van der Waals surface area contributed by atoms with Gasteiger partial charge >= 0.3 is 0 Å². The van der Waals surface area contributed by atoms with Crippen LogP contribution in [0.5, 0.6) is 0 Å². The Balaban J connectivity index is 2.78. The summed E-state index contributed by atoms with van der Waals surface area (Å²) in [5, 5.41) is 2.16. The summed E-state index contributed by atoms with van der Waals surface area (Å²) in [5.41, 5.74) is 6.32. The summed E-state index contributed by atoms with van der Waals surface area (Å²) in [7, 11) is 0. The molecule has 104 valence electrons. The van der Waals surface area contributed by atoms with Crippen LogP contribution in [0.3, 0.4) is 0 Å². The Morgan fingerprint density at radius 2 is 2.11 bits per heavy atom. The third-order valence-corrected chi connectivity index (χ3v) is 4.87. The maximum Gasteiger partial charge on any atom is 0.0333 e. The van der Waals surface area contributed by atoms with E-state index in [-0.39, 0.29) is 5.54 Å². The molecule has 0 aliphatic heterocycles. The average molecular weight is 268 g/mol. The molecule has 0 bridgehead atoms. The predicted molar refractivity (Wildman–Crippen MR) is 82.0 cm³/mol. The van der Waals surface area contributed by atoms with Gasteiger partial charge in [-0.25, -0.2) is 0 Å². The lowest BCUT2D eigenvalue weighted by molar-refractivity contribution is 0.0769. The summed E-state index contributed by atoms with van der Waals surface area (Å²) in [6.07, 6.45) is 4.88. The zero-order chi connectivity index (χ0) is 13.4. The topological polar surface area (TPSA) is 29.3 Å². The zero-order valence-electron chi connectivity index (χ0n) is 12.1. The predicted octanol–water partition coefficient (Wildman–Crippen LogP) is 3.87. The Morgan fingerprint density at radius 3 is 2.56 bits per heavy atom. The van der Waals surface area contributed by atoms with Crippen LogP contribution in [0.2, 0.25) is 0 Å². The van der Waals surface area contributed by atoms with E-state index >= 15 is 0 Å². The number of hydrogen-bond acceptors (Lipinski definition) is 3. The van der Waals surface area contributed by atoms with Crippen molar-refractivity contribution in [1.29, 1.82) is 0 Å². The molecular weight excluding hydrogens is 240 g/mol. The molecule has 0 fully saturated rings. The quantitative estimate of drug-likeness (QED) is 0.736. The molecule has 1 heterocycles. The van der Waals surface area contributed by atoms with E-state index in [0.29, 0.717) is 0 Å². The van der Waals surface area contributed by atoms with E-state index in [0.717, 1.165) is 26.1 Å². The van der Waals surface area contributed by atoms with Crippen LogP contribution in [0, 0.1) is 0 Å². The minimum atomic E-state index is 0.189. The SMILES string of the molecule is CCCCC(CC)(CN)N(CC)Cc1cccs1. The minimum absolute atomic E-state index is 0.189. The monoisotopic (exact) mass is 268 g/mol. The average Bonchev–Trinajstić information content (AvgIpc) is 2.91. The Kier molecular flexibility index (Phi) is 6.90. The first-order valence-corrected chi connectivity index (χ1v) is 8.07. The van der Waals surface area contributed by atoms with E-state index in [1.807, 2.05) is 11.3 Å². The Labute approximate surface area is 116 Å². The molecule has 1 rings (SSSR count). The van der Waals surface area contributed by atoms with Gasteiger partial charge in [-0.1, -0.05) is 39.7 Å². The van der Waals surface area contributed by atoms with Crippen LogP contribution < -0.4 is 5.73 Å². The molecule has 0 saturated carbocycles. The van der Waals surface area contributed by atoms with E-state index in [9.17, 15) is 0 Å². The smallest absolute Gasteiger partial charge is 0.0333 e. The van der Waals surface area contributed by atoms with Crippen molar-refractivity contribution in [3.8, 4) is 0 Å². The summed E-state index contributed by atoms with van der Waals surface area (Å²) < 4.78 is 0. The van der Waals surface area contributed by atoms with Crippen molar-refractivity contribution in [3.05, 3.63) is 22.4 Å². The van der Waals surface area contributed by atoms with E-state index in [1.54, 1.807) is 0 Å². The first kappa shape index (κ1) is 15.7. The van der Waals surface area contributed by atoms with Crippen LogP contribution in [-0.4, -0.2) is 23.5 Å². The molecule has 1 atom stereocenters. The molecule has 0 aliphatic rings. The summed E-state index contributed by atoms with van der Waals surface area (Å²) in [5.74, 6) is 0. The number of rotatable bonds is 9. The number of likely N-dealkylation sites (N-methyl/N-ethyl adjacent to an activating group) is 1. The number of unbranched alkanes of at least 4 members (excludes halogenated alkanes) is 1. The molecule has 2 nitrogen and oxygen atoms in total. The molecule has 0 saturated heterocycles. The van der Waals surface area contributed by atoms with Crippen LogP contribution in [0.1, 0.15) is 51.3 Å². The number of nitrogens with zero attached hydrogens (tertiary/aromatic N) is 1. The van der Waals surface area contributed by atoms with Crippen molar-refractivity contribution in [2.24, 2.45) is 5.73 Å². The zero-order valence-corrected chi connectivity index (χ0v) is 12.9. The highest BCUT2D eigenvalue weighted by Gasteiger charge is 2.32. The van der Waals surface area contributed by atoms with Crippen molar-refractivity contribution in [1.82, 2.24) is 4.90 Å². The molecule has 0 aromatic carbocycles. The first-order chi connectivity index (χ1) is 8.72. The van der Waals surface area contributed by atoms with Crippen molar-refractivity contribution in [3.63, 3.8) is 0 Å². The van der Waals surface area contributed by atoms with Crippen molar-refractivity contribution >= 4 is 11.3 Å². The summed E-state index contributed by atoms with van der Waals surface area (Å²) >= 11 is 1.85. The third-order valence-electron chi connectivity index (χ3n) is 4.01. The number of thiophene rings is 1. The molecule has 2 N–H and O–H groups in total. The lowest BCUT2D eigenvalue weighted by Gasteiger charge is -2.42. The Bertz CT molecular complexity index is 304. The molecule has 0 radical (unpaired) electrons. The van der Waals surface area contributed by atoms with Gasteiger partial charge in [0, 0.05) is 23.5 Å². The fraction of sp³-hybridized carbons (Fsp3) is 0.733. The van der Waals surface area contributed by atoms with Crippen molar-refractivity contribution < 1.29 is 0 Å². The van der Waals surface area contributed by atoms with E-state index in [1.165, 1.54) is 24.1 Å². The van der Waals surface area contributed by atoms with Gasteiger partial charge in [-0.15, -0.1) is 11.3 Å². The molecule has 18 heavy (non-hydrogen) atoms. The molecule has 3 heteroatoms. The highest BCUT2D eigenvalue weighted by atomic mass is 32.1. The largest absolute Gasteiger partial charge is 0.329 e. The fourth-order valence-electron chi connectivity index (χ4n) is 2.65. The second kappa shape index (κ2) is 7.93. The molecule has 0 amide bonds. The van der Waals surface area contributed by atoms with Gasteiger partial charge in [-0.05, 0) is 30.8 Å². The first-order valence-electron chi connectivity index (χ1n) is 7.20. The molecule has 0 aliphatic carbocycles. The van der Waals surface area contributed by atoms with E-state index < -0.39 is 0 Å². The lowest BCUT2D eigenvalue weighted by Crippen LogP contribution is -2.53. The van der Waals surface area contributed by atoms with Gasteiger partial charge in [-0.2, -0.15) is 0 Å². The normalized spacial score (nSPS) is 14.9. The van der Waals surface area contributed by atoms with Gasteiger partial charge in [-0.3, -0.25) is 4.90 Å². The molecule has 0 spiro atoms. The van der Waals surface area contributed by atoms with Crippen LogP contribution in [0.4, 0.5) is 0 Å². The van der Waals surface area contributed by atoms with Crippen LogP contribution in [-0.2, 0) is 6.54 Å². The van der Waals surface area contributed by atoms with Gasteiger partial charge in [0.05, 0.1) is 0 Å². The Hall–Kier alpha value is -0.380. The van der Waals surface area contributed by atoms with Crippen molar-refractivity contribution in [2.75, 3.05) is 13.1 Å². The second-order valence-electron chi connectivity index (χ2n) is 4.98. The van der Waals surface area contributed by atoms with Gasteiger partial charge in [0.1, 0.15) is 0 Å². The van der Waals surface area contributed by atoms with Gasteiger partial charge in [0.25, 0.3) is 0 Å². The van der Waals surface area contributed by atoms with E-state index in [2.05, 4.69) is 43.2 Å². The van der Waals surface area contributed by atoms with Crippen LogP contribution in [0.25, 0.3) is 0 Å². The number of hydrogen-bond donors (Lipinski definition) is 1. The summed E-state index contributed by atoms with van der Waals surface area (Å²) in [4.78, 5) is 4.02. The molecule has 1 aromatic heterocycles. The molecule has 1 unspecified atom stereocenters. The van der Waals surface area contributed by atoms with Crippen LogP contribution in [0.15, 0.2) is 17.5 Å². The van der Waals surface area contributed by atoms with Gasteiger partial charge < -0.3 is 5.73 Å². The van der Waals surface area contributed by atoms with Gasteiger partial charge in [0.2, 0.25) is 0 Å². The standard InChI is InChI=1S/C15H28N2S/c1-4-7-10-15(5-2,13-16)17(6-3)12-14-9-8-11-18-14/h8-9,11H,4-7,10,12-13,16H2,1-3H3. The molecule has 1 aromatic rings. The highest BCUT2D eigenvalue weighted by molar-refractivity contribution is 7.09. The second-order valence-corrected chi connectivity index (χ2v) is 6.01. The molecular formula is C15H28N2S. The highest BCUT2D eigenvalue weighted by Crippen LogP contribution is 2.28. The maximum absolute atomic E-state index is 6.13. The summed E-state index contributed by atoms with van der Waals surface area (Å²) in [6, 6.07) is 4.36. The third kappa shape index (κ3) is 3.81. The maximum atomic E-state index is 6.13. The number of nitrogens with two attached hydrogens (primary N) is 1. The van der Waals surface area contributed by atoms with Crippen LogP contribution >= 0.6 is 11.3 Å².